The van der Waals surface area contributed by atoms with E-state index in [-0.39, 0.29) is 68.5 Å². The van der Waals surface area contributed by atoms with Crippen LogP contribution in [0.15, 0.2) is 58.9 Å². The number of amides is 2. The van der Waals surface area contributed by atoms with Crippen LogP contribution < -0.4 is 4.74 Å². The second kappa shape index (κ2) is 16.0. The molecule has 8 nitrogen and oxygen atoms in total. The summed E-state index contributed by atoms with van der Waals surface area (Å²) < 4.78 is 89.8. The van der Waals surface area contributed by atoms with Gasteiger partial charge in [-0.2, -0.15) is 26.3 Å². The van der Waals surface area contributed by atoms with Crippen molar-refractivity contribution in [3.05, 3.63) is 75.7 Å². The zero-order chi connectivity index (χ0) is 40.7. The van der Waals surface area contributed by atoms with Crippen molar-refractivity contribution in [1.29, 1.82) is 0 Å². The third-order valence-corrected chi connectivity index (χ3v) is 13.9. The number of aliphatic hydroxyl groups is 1. The summed E-state index contributed by atoms with van der Waals surface area (Å²) in [6, 6.07) is 8.95. The zero-order valence-corrected chi connectivity index (χ0v) is 33.0. The molecule has 16 heteroatoms. The standard InChI is InChI=1S/C40H45F6N3O5S2/c1-4-9-31-38(54-26-22-32(55-24-26)40(44,45)46,14-8-19-49(31)34(51)33-29(39(41,42)43)11-7-18-47-33)35(52)48-20-16-37(53,17-21-48)28-10-5-6-12-30(28)56-27-13-15-36(3,23-27)25(2)50/h5-7,10-12,18,22,24,27,31,53H,4,8-9,13-17,19-21,23H2,1-3H3/t27-,31-,36-,38+/m1/s1. The minimum atomic E-state index is -4.91. The van der Waals surface area contributed by atoms with Gasteiger partial charge in [0.1, 0.15) is 22.1 Å². The molecule has 2 saturated heterocycles. The molecule has 6 rings (SSSR count). The molecule has 3 aliphatic rings. The molecule has 4 heterocycles. The quantitative estimate of drug-likeness (QED) is 0.204. The van der Waals surface area contributed by atoms with Crippen molar-refractivity contribution in [1.82, 2.24) is 14.8 Å². The fourth-order valence-corrected chi connectivity index (χ4v) is 10.7. The largest absolute Gasteiger partial charge is 0.474 e. The Morgan fingerprint density at radius 3 is 2.34 bits per heavy atom. The summed E-state index contributed by atoms with van der Waals surface area (Å²) >= 11 is 2.01. The first-order valence-electron chi connectivity index (χ1n) is 18.8. The van der Waals surface area contributed by atoms with E-state index >= 15 is 0 Å². The molecule has 2 amide bonds. The lowest BCUT2D eigenvalue weighted by molar-refractivity contribution is -0.163. The Labute approximate surface area is 330 Å². The summed E-state index contributed by atoms with van der Waals surface area (Å²) in [5.74, 6) is -1.77. The maximum Gasteiger partial charge on any atom is 0.425 e. The predicted molar refractivity (Wildman–Crippen MR) is 199 cm³/mol. The molecule has 1 aliphatic carbocycles. The lowest BCUT2D eigenvalue weighted by atomic mass is 9.78. The lowest BCUT2D eigenvalue weighted by Gasteiger charge is -2.51. The maximum atomic E-state index is 15.0. The highest BCUT2D eigenvalue weighted by molar-refractivity contribution is 8.00. The second-order valence-corrected chi connectivity index (χ2v) is 17.6. The van der Waals surface area contributed by atoms with Gasteiger partial charge >= 0.3 is 12.4 Å². The van der Waals surface area contributed by atoms with Crippen LogP contribution >= 0.6 is 23.1 Å². The number of pyridine rings is 1. The third-order valence-electron chi connectivity index (χ3n) is 11.6. The van der Waals surface area contributed by atoms with Crippen LogP contribution in [-0.2, 0) is 27.5 Å². The number of aromatic nitrogens is 1. The maximum absolute atomic E-state index is 15.0. The highest BCUT2D eigenvalue weighted by Gasteiger charge is 2.57. The van der Waals surface area contributed by atoms with E-state index < -0.39 is 63.0 Å². The summed E-state index contributed by atoms with van der Waals surface area (Å²) in [5, 5.41) is 13.5. The monoisotopic (exact) mass is 825 g/mol. The fourth-order valence-electron chi connectivity index (χ4n) is 8.43. The molecule has 0 unspecified atom stereocenters. The Kier molecular flexibility index (Phi) is 12.0. The number of nitrogens with zero attached hydrogens (tertiary/aromatic N) is 3. The number of hydrogen-bond donors (Lipinski definition) is 1. The summed E-state index contributed by atoms with van der Waals surface area (Å²) in [5.41, 5.74) is -5.08. The topological polar surface area (TPSA) is 100 Å². The SMILES string of the molecule is CCC[C@H]1N(C(=O)c2ncccc2C(F)(F)F)CCC[C@@]1(Oc1csc(C(F)(F)F)c1)C(=O)N1CCC(O)(c2ccccc2S[C@@H]2CC[C@@](C)(C(C)=O)C2)CC1. The highest BCUT2D eigenvalue weighted by atomic mass is 32.2. The number of ketones is 1. The summed E-state index contributed by atoms with van der Waals surface area (Å²) in [7, 11) is 0. The Balaban J connectivity index is 1.31. The van der Waals surface area contributed by atoms with Gasteiger partial charge in [0.15, 0.2) is 0 Å². The number of rotatable bonds is 10. The number of thiophene rings is 1. The van der Waals surface area contributed by atoms with E-state index in [9.17, 15) is 45.8 Å². The molecule has 1 saturated carbocycles. The van der Waals surface area contributed by atoms with Crippen molar-refractivity contribution in [3.63, 3.8) is 0 Å². The molecule has 56 heavy (non-hydrogen) atoms. The first-order chi connectivity index (χ1) is 26.3. The Morgan fingerprint density at radius 1 is 1.00 bits per heavy atom. The van der Waals surface area contributed by atoms with Crippen LogP contribution in [0.5, 0.6) is 5.75 Å². The number of ether oxygens (including phenoxy) is 1. The smallest absolute Gasteiger partial charge is 0.425 e. The van der Waals surface area contributed by atoms with Gasteiger partial charge in [-0.25, -0.2) is 0 Å². The molecule has 0 spiro atoms. The molecule has 1 aromatic carbocycles. The number of carbonyl (C=O) groups excluding carboxylic acids is 3. The van der Waals surface area contributed by atoms with Crippen molar-refractivity contribution < 1.29 is 50.6 Å². The number of benzene rings is 1. The molecule has 0 radical (unpaired) electrons. The molecule has 1 N–H and O–H groups in total. The number of Topliss-reactive ketones (excluding diaryl/α,β-unsaturated/α-hetero) is 1. The van der Waals surface area contributed by atoms with Gasteiger partial charge in [0.2, 0.25) is 5.60 Å². The van der Waals surface area contributed by atoms with Crippen molar-refractivity contribution in [3.8, 4) is 5.75 Å². The van der Waals surface area contributed by atoms with Crippen LogP contribution in [0, 0.1) is 5.41 Å². The number of piperidine rings is 2. The van der Waals surface area contributed by atoms with Gasteiger partial charge in [-0.3, -0.25) is 19.4 Å². The molecule has 3 aromatic rings. The first kappa shape index (κ1) is 42.0. The van der Waals surface area contributed by atoms with Gasteiger partial charge in [-0.15, -0.1) is 23.1 Å². The molecule has 2 aromatic heterocycles. The van der Waals surface area contributed by atoms with E-state index in [0.29, 0.717) is 23.3 Å². The van der Waals surface area contributed by atoms with E-state index in [1.54, 1.807) is 25.6 Å². The van der Waals surface area contributed by atoms with Crippen molar-refractivity contribution in [2.24, 2.45) is 5.41 Å². The van der Waals surface area contributed by atoms with Gasteiger partial charge in [-0.05, 0) is 75.6 Å². The predicted octanol–water partition coefficient (Wildman–Crippen LogP) is 9.15. The third kappa shape index (κ3) is 8.33. The molecule has 2 aliphatic heterocycles. The molecule has 0 bridgehead atoms. The van der Waals surface area contributed by atoms with E-state index in [0.717, 1.165) is 58.8 Å². The Hall–Kier alpha value is -3.63. The summed E-state index contributed by atoms with van der Waals surface area (Å²) in [4.78, 5) is 47.7. The molecular weight excluding hydrogens is 781 g/mol. The second-order valence-electron chi connectivity index (χ2n) is 15.4. The van der Waals surface area contributed by atoms with E-state index in [1.807, 2.05) is 31.2 Å². The van der Waals surface area contributed by atoms with Gasteiger partial charge in [0.05, 0.1) is 17.2 Å². The number of carbonyl (C=O) groups is 3. The Bertz CT molecular complexity index is 1930. The zero-order valence-electron chi connectivity index (χ0n) is 31.3. The minimum Gasteiger partial charge on any atom is -0.474 e. The van der Waals surface area contributed by atoms with Gasteiger partial charge in [0, 0.05) is 59.3 Å². The summed E-state index contributed by atoms with van der Waals surface area (Å²) in [6.07, 6.45) is -5.41. The minimum absolute atomic E-state index is 0.0212. The lowest BCUT2D eigenvalue weighted by Crippen LogP contribution is -2.68. The number of likely N-dealkylation sites (tertiary alicyclic amines) is 2. The molecule has 4 atom stereocenters. The first-order valence-corrected chi connectivity index (χ1v) is 20.5. The highest BCUT2D eigenvalue weighted by Crippen LogP contribution is 2.49. The van der Waals surface area contributed by atoms with Gasteiger partial charge in [-0.1, -0.05) is 38.5 Å². The van der Waals surface area contributed by atoms with E-state index in [2.05, 4.69) is 4.98 Å². The van der Waals surface area contributed by atoms with Crippen LogP contribution in [0.2, 0.25) is 0 Å². The number of alkyl halides is 6. The number of halogens is 6. The number of thioether (sulfide) groups is 1. The molecule has 304 valence electrons. The van der Waals surface area contributed by atoms with E-state index in [4.69, 9.17) is 4.74 Å². The average molecular weight is 826 g/mol. The van der Waals surface area contributed by atoms with Crippen LogP contribution in [0.3, 0.4) is 0 Å². The molecule has 3 fully saturated rings. The molecular formula is C40H45F6N3O5S2. The van der Waals surface area contributed by atoms with E-state index in [1.165, 1.54) is 4.90 Å². The Morgan fingerprint density at radius 2 is 1.71 bits per heavy atom. The fraction of sp³-hybridized carbons (Fsp3) is 0.550. The van der Waals surface area contributed by atoms with Crippen LogP contribution in [0.25, 0.3) is 0 Å². The van der Waals surface area contributed by atoms with Crippen LogP contribution in [0.4, 0.5) is 26.3 Å². The summed E-state index contributed by atoms with van der Waals surface area (Å²) in [6.45, 7) is 5.40. The van der Waals surface area contributed by atoms with Crippen molar-refractivity contribution >= 4 is 40.7 Å². The normalized spacial score (nSPS) is 25.6. The van der Waals surface area contributed by atoms with Crippen molar-refractivity contribution in [2.75, 3.05) is 19.6 Å². The average Bonchev–Trinajstić information content (AvgIpc) is 3.79. The van der Waals surface area contributed by atoms with Crippen molar-refractivity contribution in [2.45, 2.75) is 118 Å². The van der Waals surface area contributed by atoms with Crippen LogP contribution in [-0.4, -0.2) is 74.0 Å². The van der Waals surface area contributed by atoms with Crippen LogP contribution in [0.1, 0.15) is 105 Å². The van der Waals surface area contributed by atoms with Gasteiger partial charge < -0.3 is 19.6 Å². The number of hydrogen-bond acceptors (Lipinski definition) is 8. The van der Waals surface area contributed by atoms with Gasteiger partial charge in [0.25, 0.3) is 11.8 Å².